The molecule has 1 amide bonds. The number of hydrogen-bond acceptors (Lipinski definition) is 7. The lowest BCUT2D eigenvalue weighted by atomic mass is 10.1. The molecule has 0 fully saturated rings. The number of amides is 1. The first-order valence-corrected chi connectivity index (χ1v) is 11.2. The van der Waals surface area contributed by atoms with E-state index in [4.69, 9.17) is 14.2 Å². The van der Waals surface area contributed by atoms with Gasteiger partial charge in [-0.1, -0.05) is 36.0 Å². The first kappa shape index (κ1) is 23.5. The van der Waals surface area contributed by atoms with E-state index < -0.39 is 0 Å². The molecule has 0 saturated heterocycles. The van der Waals surface area contributed by atoms with Crippen LogP contribution >= 0.6 is 11.8 Å². The number of ether oxygens (including phenoxy) is 3. The number of nitrogens with one attached hydrogen (secondary N) is 1. The zero-order valence-corrected chi connectivity index (χ0v) is 19.5. The molecule has 0 spiro atoms. The lowest BCUT2D eigenvalue weighted by Crippen LogP contribution is -2.29. The molecule has 170 valence electrons. The molecule has 9 heteroatoms. The van der Waals surface area contributed by atoms with Crippen molar-refractivity contribution in [3.05, 3.63) is 59.9 Å². The van der Waals surface area contributed by atoms with Gasteiger partial charge in [0.1, 0.15) is 5.75 Å². The number of benzene rings is 2. The van der Waals surface area contributed by atoms with E-state index in [0.717, 1.165) is 16.5 Å². The van der Waals surface area contributed by atoms with Crippen LogP contribution in [0.25, 0.3) is 0 Å². The van der Waals surface area contributed by atoms with E-state index in [1.807, 2.05) is 67.1 Å². The smallest absolute Gasteiger partial charge is 0.224 e. The fraction of sp³-hybridized carbons (Fsp3) is 0.348. The van der Waals surface area contributed by atoms with E-state index in [1.54, 1.807) is 26.0 Å². The minimum Gasteiger partial charge on any atom is -0.497 e. The maximum atomic E-state index is 12.4. The summed E-state index contributed by atoms with van der Waals surface area (Å²) in [4.78, 5) is 12.4. The molecular weight excluding hydrogens is 428 g/mol. The number of aromatic nitrogens is 3. The summed E-state index contributed by atoms with van der Waals surface area (Å²) in [6.07, 6.45) is 0.286. The van der Waals surface area contributed by atoms with Crippen molar-refractivity contribution in [2.24, 2.45) is 7.05 Å². The Bertz CT molecular complexity index is 1020. The SMILES string of the molecule is COc1ccc(CC(=O)NC(C)c2nnc(SCCOc3ccccc3OC)n2C)cc1. The first-order valence-electron chi connectivity index (χ1n) is 10.2. The Balaban J connectivity index is 1.49. The van der Waals surface area contributed by atoms with Gasteiger partial charge in [-0.3, -0.25) is 4.79 Å². The van der Waals surface area contributed by atoms with E-state index in [9.17, 15) is 4.79 Å². The predicted molar refractivity (Wildman–Crippen MR) is 123 cm³/mol. The largest absolute Gasteiger partial charge is 0.497 e. The van der Waals surface area contributed by atoms with Crippen molar-refractivity contribution in [1.82, 2.24) is 20.1 Å². The number of para-hydroxylation sites is 2. The molecule has 0 aliphatic carbocycles. The quantitative estimate of drug-likeness (QED) is 0.349. The van der Waals surface area contributed by atoms with Crippen molar-refractivity contribution in [2.75, 3.05) is 26.6 Å². The van der Waals surface area contributed by atoms with Crippen LogP contribution < -0.4 is 19.5 Å². The predicted octanol–water partition coefficient (Wildman–Crippen LogP) is 3.42. The van der Waals surface area contributed by atoms with Gasteiger partial charge in [0, 0.05) is 12.8 Å². The Morgan fingerprint density at radius 2 is 1.78 bits per heavy atom. The molecule has 32 heavy (non-hydrogen) atoms. The van der Waals surface area contributed by atoms with E-state index >= 15 is 0 Å². The number of nitrogens with zero attached hydrogens (tertiary/aromatic N) is 3. The Kier molecular flexibility index (Phi) is 8.38. The molecule has 1 N–H and O–H groups in total. The minimum atomic E-state index is -0.266. The van der Waals surface area contributed by atoms with E-state index in [2.05, 4.69) is 15.5 Å². The normalized spacial score (nSPS) is 11.6. The number of hydrogen-bond donors (Lipinski definition) is 1. The summed E-state index contributed by atoms with van der Waals surface area (Å²) < 4.78 is 18.1. The van der Waals surface area contributed by atoms with Gasteiger partial charge in [-0.05, 0) is 36.8 Å². The summed E-state index contributed by atoms with van der Waals surface area (Å²) in [5.74, 6) is 3.49. The van der Waals surface area contributed by atoms with Crippen LogP contribution in [0.5, 0.6) is 17.2 Å². The zero-order chi connectivity index (χ0) is 22.9. The third kappa shape index (κ3) is 6.16. The van der Waals surface area contributed by atoms with Crippen LogP contribution in [-0.2, 0) is 18.3 Å². The van der Waals surface area contributed by atoms with Crippen molar-refractivity contribution >= 4 is 17.7 Å². The summed E-state index contributed by atoms with van der Waals surface area (Å²) in [6.45, 7) is 2.40. The summed E-state index contributed by atoms with van der Waals surface area (Å²) in [5.41, 5.74) is 0.916. The lowest BCUT2D eigenvalue weighted by molar-refractivity contribution is -0.121. The Morgan fingerprint density at radius 3 is 2.47 bits per heavy atom. The van der Waals surface area contributed by atoms with Crippen LogP contribution in [0.4, 0.5) is 0 Å². The van der Waals surface area contributed by atoms with E-state index in [1.165, 1.54) is 0 Å². The summed E-state index contributed by atoms with van der Waals surface area (Å²) in [7, 11) is 5.13. The molecular formula is C23H28N4O4S. The van der Waals surface area contributed by atoms with Gasteiger partial charge in [0.2, 0.25) is 5.91 Å². The highest BCUT2D eigenvalue weighted by atomic mass is 32.2. The molecule has 1 aromatic heterocycles. The highest BCUT2D eigenvalue weighted by Crippen LogP contribution is 2.26. The standard InChI is InChI=1S/C23H28N4O4S/c1-16(24-21(28)15-17-9-11-18(29-3)12-10-17)22-25-26-23(27(22)2)32-14-13-31-20-8-6-5-7-19(20)30-4/h5-12,16H,13-15H2,1-4H3,(H,24,28). The van der Waals surface area contributed by atoms with Crippen molar-refractivity contribution in [1.29, 1.82) is 0 Å². The fourth-order valence-corrected chi connectivity index (χ4v) is 3.87. The zero-order valence-electron chi connectivity index (χ0n) is 18.7. The van der Waals surface area contributed by atoms with Gasteiger partial charge in [-0.25, -0.2) is 0 Å². The molecule has 1 heterocycles. The van der Waals surface area contributed by atoms with E-state index in [0.29, 0.717) is 29.7 Å². The third-order valence-electron chi connectivity index (χ3n) is 4.80. The molecule has 0 bridgehead atoms. The Morgan fingerprint density at radius 1 is 1.06 bits per heavy atom. The van der Waals surface area contributed by atoms with Crippen LogP contribution in [0.1, 0.15) is 24.4 Å². The van der Waals surface area contributed by atoms with Gasteiger partial charge in [0.15, 0.2) is 22.5 Å². The average molecular weight is 457 g/mol. The monoisotopic (exact) mass is 456 g/mol. The highest BCUT2D eigenvalue weighted by molar-refractivity contribution is 7.99. The first-order chi connectivity index (χ1) is 15.5. The molecule has 3 rings (SSSR count). The minimum absolute atomic E-state index is 0.0786. The molecule has 3 aromatic rings. The summed E-state index contributed by atoms with van der Waals surface area (Å²) in [5, 5.41) is 12.3. The molecule has 1 unspecified atom stereocenters. The van der Waals surface area contributed by atoms with Crippen molar-refractivity contribution in [3.63, 3.8) is 0 Å². The maximum absolute atomic E-state index is 12.4. The van der Waals surface area contributed by atoms with Crippen molar-refractivity contribution in [2.45, 2.75) is 24.5 Å². The van der Waals surface area contributed by atoms with Crippen LogP contribution in [0, 0.1) is 0 Å². The second-order valence-electron chi connectivity index (χ2n) is 7.06. The van der Waals surface area contributed by atoms with Crippen LogP contribution in [0.2, 0.25) is 0 Å². The average Bonchev–Trinajstić information content (AvgIpc) is 3.17. The molecule has 0 aliphatic rings. The van der Waals surface area contributed by atoms with Gasteiger partial charge >= 0.3 is 0 Å². The van der Waals surface area contributed by atoms with Crippen molar-refractivity contribution in [3.8, 4) is 17.2 Å². The second kappa shape index (κ2) is 11.4. The number of thioether (sulfide) groups is 1. The summed E-state index contributed by atoms with van der Waals surface area (Å²) >= 11 is 1.54. The lowest BCUT2D eigenvalue weighted by Gasteiger charge is -2.14. The molecule has 2 aromatic carbocycles. The fourth-order valence-electron chi connectivity index (χ4n) is 3.14. The Hall–Kier alpha value is -3.20. The van der Waals surface area contributed by atoms with Gasteiger partial charge in [-0.2, -0.15) is 0 Å². The molecule has 0 radical (unpaired) electrons. The third-order valence-corrected chi connectivity index (χ3v) is 5.78. The number of carbonyl (C=O) groups excluding carboxylic acids is 1. The van der Waals surface area contributed by atoms with Gasteiger partial charge in [0.25, 0.3) is 0 Å². The van der Waals surface area contributed by atoms with E-state index in [-0.39, 0.29) is 18.4 Å². The van der Waals surface area contributed by atoms with Crippen LogP contribution in [0.3, 0.4) is 0 Å². The molecule has 8 nitrogen and oxygen atoms in total. The number of carbonyl (C=O) groups is 1. The van der Waals surface area contributed by atoms with Crippen LogP contribution in [-0.4, -0.2) is 47.3 Å². The van der Waals surface area contributed by atoms with Crippen LogP contribution in [0.15, 0.2) is 53.7 Å². The topological polar surface area (TPSA) is 87.5 Å². The van der Waals surface area contributed by atoms with Gasteiger partial charge < -0.3 is 24.1 Å². The second-order valence-corrected chi connectivity index (χ2v) is 8.12. The van der Waals surface area contributed by atoms with Crippen molar-refractivity contribution < 1.29 is 19.0 Å². The highest BCUT2D eigenvalue weighted by Gasteiger charge is 2.18. The summed E-state index contributed by atoms with van der Waals surface area (Å²) in [6, 6.07) is 14.7. The maximum Gasteiger partial charge on any atom is 0.224 e. The molecule has 0 saturated carbocycles. The molecule has 0 aliphatic heterocycles. The Labute approximate surface area is 192 Å². The number of rotatable bonds is 11. The number of methoxy groups -OCH3 is 2. The van der Waals surface area contributed by atoms with Gasteiger partial charge in [0.05, 0.1) is 33.3 Å². The van der Waals surface area contributed by atoms with Gasteiger partial charge in [-0.15, -0.1) is 10.2 Å². The molecule has 1 atom stereocenters.